The van der Waals surface area contributed by atoms with Gasteiger partial charge in [-0.3, -0.25) is 4.98 Å². The monoisotopic (exact) mass is 456 g/mol. The van der Waals surface area contributed by atoms with Gasteiger partial charge in [-0.25, -0.2) is 0 Å². The molecule has 1 aliphatic rings. The number of hydrogen-bond donors (Lipinski definition) is 1. The van der Waals surface area contributed by atoms with Gasteiger partial charge in [-0.05, 0) is 72.9 Å². The molecule has 166 valence electrons. The van der Waals surface area contributed by atoms with Gasteiger partial charge < -0.3 is 24.3 Å². The van der Waals surface area contributed by atoms with E-state index in [2.05, 4.69) is 44.2 Å². The molecule has 5 rings (SSSR count). The summed E-state index contributed by atoms with van der Waals surface area (Å²) in [4.78, 5) is 6.80. The molecule has 0 unspecified atom stereocenters. The van der Waals surface area contributed by atoms with Crippen LogP contribution in [0.3, 0.4) is 0 Å². The van der Waals surface area contributed by atoms with Crippen LogP contribution in [0, 0.1) is 0 Å². The minimum atomic E-state index is -0.125. The topological polar surface area (TPSA) is 51.5 Å². The van der Waals surface area contributed by atoms with Crippen molar-refractivity contribution in [1.29, 1.82) is 0 Å². The first-order valence-electron chi connectivity index (χ1n) is 10.7. The molecule has 4 aromatic rings. The summed E-state index contributed by atoms with van der Waals surface area (Å²) >= 11 is 5.84. The molecule has 0 amide bonds. The number of rotatable bonds is 6. The van der Waals surface area contributed by atoms with E-state index in [1.165, 1.54) is 0 Å². The Balaban J connectivity index is 1.64. The number of methoxy groups -OCH3 is 2. The van der Waals surface area contributed by atoms with Gasteiger partial charge in [0.05, 0.1) is 26.0 Å². The summed E-state index contributed by atoms with van der Waals surface area (Å²) in [7, 11) is 3.34. The van der Waals surface area contributed by atoms with Crippen LogP contribution < -0.4 is 19.7 Å². The number of ether oxygens (including phenoxy) is 2. The predicted molar refractivity (Wildman–Crippen MR) is 133 cm³/mol. The van der Waals surface area contributed by atoms with Gasteiger partial charge in [0, 0.05) is 35.5 Å². The Morgan fingerprint density at radius 2 is 1.67 bits per heavy atom. The summed E-state index contributed by atoms with van der Waals surface area (Å²) in [6, 6.07) is 25.9. The second-order valence-electron chi connectivity index (χ2n) is 7.70. The zero-order chi connectivity index (χ0) is 22.8. The zero-order valence-electron chi connectivity index (χ0n) is 18.4. The fraction of sp³-hybridized carbons (Fsp3) is 0.154. The molecule has 33 heavy (non-hydrogen) atoms. The number of nitrogens with one attached hydrogen (secondary N) is 1. The molecule has 3 heterocycles. The van der Waals surface area contributed by atoms with E-state index in [1.54, 1.807) is 14.2 Å². The highest BCUT2D eigenvalue weighted by atomic mass is 32.1. The van der Waals surface area contributed by atoms with Gasteiger partial charge >= 0.3 is 0 Å². The third-order valence-corrected chi connectivity index (χ3v) is 6.18. The highest BCUT2D eigenvalue weighted by Gasteiger charge is 2.42. The van der Waals surface area contributed by atoms with E-state index in [4.69, 9.17) is 21.7 Å². The average molecular weight is 457 g/mol. The number of anilines is 1. The van der Waals surface area contributed by atoms with Crippen molar-refractivity contribution in [3.8, 4) is 17.2 Å². The molecule has 2 atom stereocenters. The fourth-order valence-corrected chi connectivity index (χ4v) is 4.65. The number of nitrogens with zero attached hydrogens (tertiary/aromatic N) is 3. The van der Waals surface area contributed by atoms with E-state index in [-0.39, 0.29) is 12.1 Å². The SMILES string of the molecule is COc1ccc(N2C(=S)N[C@@H](c3ccccn3)[C@@H]2c2cccn2-c2cccc(OC)c2)cc1. The Morgan fingerprint density at radius 1 is 0.848 bits per heavy atom. The van der Waals surface area contributed by atoms with Crippen LogP contribution in [0.5, 0.6) is 11.5 Å². The number of hydrogen-bond acceptors (Lipinski definition) is 4. The first-order chi connectivity index (χ1) is 16.2. The molecule has 6 nitrogen and oxygen atoms in total. The van der Waals surface area contributed by atoms with Gasteiger partial charge in [-0.1, -0.05) is 12.1 Å². The molecule has 2 aromatic carbocycles. The summed E-state index contributed by atoms with van der Waals surface area (Å²) in [5, 5.41) is 4.16. The third-order valence-electron chi connectivity index (χ3n) is 5.86. The Morgan fingerprint density at radius 3 is 2.39 bits per heavy atom. The maximum absolute atomic E-state index is 5.84. The first kappa shape index (κ1) is 21.0. The number of thiocarbonyl (C=S) groups is 1. The standard InChI is InChI=1S/C26H24N4O2S/c1-31-20-13-11-18(12-14-20)30-25(24(28-26(30)33)22-9-3-4-15-27-22)23-10-6-16-29(23)19-7-5-8-21(17-19)32-2/h3-17,24-25H,1-2H3,(H,28,33)/t24-,25-/m0/s1. The van der Waals surface area contributed by atoms with Crippen molar-refractivity contribution in [2.45, 2.75) is 12.1 Å². The van der Waals surface area contributed by atoms with Crippen molar-refractivity contribution < 1.29 is 9.47 Å². The van der Waals surface area contributed by atoms with Crippen LogP contribution in [0.4, 0.5) is 5.69 Å². The largest absolute Gasteiger partial charge is 0.497 e. The smallest absolute Gasteiger partial charge is 0.174 e. The highest BCUT2D eigenvalue weighted by molar-refractivity contribution is 7.80. The predicted octanol–water partition coefficient (Wildman–Crippen LogP) is 5.07. The van der Waals surface area contributed by atoms with Gasteiger partial charge in [0.1, 0.15) is 17.5 Å². The third kappa shape index (κ3) is 3.91. The average Bonchev–Trinajstić information content (AvgIpc) is 3.49. The molecule has 2 aromatic heterocycles. The summed E-state index contributed by atoms with van der Waals surface area (Å²) in [5.74, 6) is 1.61. The van der Waals surface area contributed by atoms with Gasteiger partial charge in [0.2, 0.25) is 0 Å². The van der Waals surface area contributed by atoms with Crippen LogP contribution in [-0.2, 0) is 0 Å². The lowest BCUT2D eigenvalue weighted by molar-refractivity contribution is 0.414. The van der Waals surface area contributed by atoms with E-state index in [9.17, 15) is 0 Å². The van der Waals surface area contributed by atoms with E-state index in [0.717, 1.165) is 34.3 Å². The maximum Gasteiger partial charge on any atom is 0.174 e. The van der Waals surface area contributed by atoms with Crippen molar-refractivity contribution in [3.63, 3.8) is 0 Å². The lowest BCUT2D eigenvalue weighted by atomic mass is 10.0. The Bertz CT molecular complexity index is 1260. The Hall–Kier alpha value is -3.84. The number of aromatic nitrogens is 2. The van der Waals surface area contributed by atoms with Crippen LogP contribution in [0.2, 0.25) is 0 Å². The Kier molecular flexibility index (Phi) is 5.71. The molecule has 0 aliphatic carbocycles. The van der Waals surface area contributed by atoms with E-state index in [1.807, 2.05) is 66.9 Å². The molecule has 1 saturated heterocycles. The van der Waals surface area contributed by atoms with Gasteiger partial charge in [0.25, 0.3) is 0 Å². The van der Waals surface area contributed by atoms with Crippen molar-refractivity contribution in [2.75, 3.05) is 19.1 Å². The lowest BCUT2D eigenvalue weighted by Gasteiger charge is -2.29. The minimum Gasteiger partial charge on any atom is -0.497 e. The molecule has 0 spiro atoms. The summed E-state index contributed by atoms with van der Waals surface area (Å²) < 4.78 is 13.0. The summed E-state index contributed by atoms with van der Waals surface area (Å²) in [6.07, 6.45) is 3.88. The second kappa shape index (κ2) is 8.96. The molecule has 0 radical (unpaired) electrons. The van der Waals surface area contributed by atoms with Gasteiger partial charge in [-0.15, -0.1) is 0 Å². The van der Waals surface area contributed by atoms with Crippen molar-refractivity contribution in [1.82, 2.24) is 14.9 Å². The molecular weight excluding hydrogens is 432 g/mol. The van der Waals surface area contributed by atoms with E-state index < -0.39 is 0 Å². The Labute approximate surface area is 198 Å². The second-order valence-corrected chi connectivity index (χ2v) is 8.09. The quantitative estimate of drug-likeness (QED) is 0.409. The summed E-state index contributed by atoms with van der Waals surface area (Å²) in [5.41, 5.74) is 4.01. The maximum atomic E-state index is 5.84. The molecule has 7 heteroatoms. The molecule has 1 aliphatic heterocycles. The molecule has 1 N–H and O–H groups in total. The molecule has 0 bridgehead atoms. The molecular formula is C26H24N4O2S. The van der Waals surface area contributed by atoms with Crippen LogP contribution in [0.25, 0.3) is 5.69 Å². The highest BCUT2D eigenvalue weighted by Crippen LogP contribution is 2.42. The van der Waals surface area contributed by atoms with Crippen molar-refractivity contribution >= 4 is 23.0 Å². The minimum absolute atomic E-state index is 0.123. The van der Waals surface area contributed by atoms with Crippen LogP contribution in [0.1, 0.15) is 23.5 Å². The molecule has 1 fully saturated rings. The summed E-state index contributed by atoms with van der Waals surface area (Å²) in [6.45, 7) is 0. The van der Waals surface area contributed by atoms with Crippen molar-refractivity contribution in [3.05, 3.63) is 103 Å². The normalized spacial score (nSPS) is 17.6. The van der Waals surface area contributed by atoms with Gasteiger partial charge in [-0.2, -0.15) is 0 Å². The van der Waals surface area contributed by atoms with Crippen LogP contribution >= 0.6 is 12.2 Å². The van der Waals surface area contributed by atoms with Gasteiger partial charge in [0.15, 0.2) is 5.11 Å². The molecule has 0 saturated carbocycles. The number of benzene rings is 2. The lowest BCUT2D eigenvalue weighted by Crippen LogP contribution is -2.30. The zero-order valence-corrected chi connectivity index (χ0v) is 19.2. The first-order valence-corrected chi connectivity index (χ1v) is 11.1. The number of pyridine rings is 1. The van der Waals surface area contributed by atoms with Crippen molar-refractivity contribution in [2.24, 2.45) is 0 Å². The van der Waals surface area contributed by atoms with Crippen LogP contribution in [0.15, 0.2) is 91.3 Å². The van der Waals surface area contributed by atoms with E-state index >= 15 is 0 Å². The van der Waals surface area contributed by atoms with Crippen LogP contribution in [-0.4, -0.2) is 28.9 Å². The van der Waals surface area contributed by atoms with E-state index in [0.29, 0.717) is 5.11 Å². The fourth-order valence-electron chi connectivity index (χ4n) is 4.31.